The molecule has 0 amide bonds. The van der Waals surface area contributed by atoms with Crippen molar-refractivity contribution in [1.29, 1.82) is 0 Å². The first kappa shape index (κ1) is 13.6. The van der Waals surface area contributed by atoms with Gasteiger partial charge in [-0.1, -0.05) is 6.92 Å². The molecule has 1 heterocycles. The van der Waals surface area contributed by atoms with Gasteiger partial charge in [-0.2, -0.15) is 0 Å². The summed E-state index contributed by atoms with van der Waals surface area (Å²) in [5.41, 5.74) is 1.31. The first-order valence-corrected chi connectivity index (χ1v) is 7.34. The van der Waals surface area contributed by atoms with E-state index in [-0.39, 0.29) is 10.6 Å². The fourth-order valence-corrected chi connectivity index (χ4v) is 3.44. The minimum Gasteiger partial charge on any atom is -0.366 e. The number of nitrogens with zero attached hydrogens (tertiary/aromatic N) is 2. The quantitative estimate of drug-likeness (QED) is 0.466. The Morgan fingerprint density at radius 2 is 2.22 bits per heavy atom. The Bertz CT molecular complexity index is 464. The molecule has 0 radical (unpaired) electrons. The van der Waals surface area contributed by atoms with Gasteiger partial charge in [0.25, 0.3) is 5.69 Å². The molecule has 2 rings (SSSR count). The summed E-state index contributed by atoms with van der Waals surface area (Å²) in [6.07, 6.45) is 3.54. The molecule has 1 saturated heterocycles. The van der Waals surface area contributed by atoms with Crippen molar-refractivity contribution in [3.63, 3.8) is 0 Å². The van der Waals surface area contributed by atoms with Crippen LogP contribution >= 0.6 is 22.6 Å². The van der Waals surface area contributed by atoms with Crippen molar-refractivity contribution in [2.24, 2.45) is 0 Å². The van der Waals surface area contributed by atoms with Crippen LogP contribution in [0.1, 0.15) is 33.1 Å². The lowest BCUT2D eigenvalue weighted by atomic mass is 10.1. The Morgan fingerprint density at radius 1 is 1.50 bits per heavy atom. The van der Waals surface area contributed by atoms with Crippen LogP contribution in [0.3, 0.4) is 0 Å². The predicted molar refractivity (Wildman–Crippen MR) is 81.1 cm³/mol. The van der Waals surface area contributed by atoms with E-state index < -0.39 is 0 Å². The Kier molecular flexibility index (Phi) is 4.09. The molecule has 1 aliphatic heterocycles. The third kappa shape index (κ3) is 2.46. The molecule has 5 heteroatoms. The lowest BCUT2D eigenvalue weighted by Crippen LogP contribution is -2.34. The summed E-state index contributed by atoms with van der Waals surface area (Å²) in [7, 11) is 0. The third-order valence-electron chi connectivity index (χ3n) is 3.68. The van der Waals surface area contributed by atoms with Crippen molar-refractivity contribution in [2.45, 2.75) is 45.2 Å². The molecule has 0 aliphatic carbocycles. The van der Waals surface area contributed by atoms with Gasteiger partial charge in [-0.25, -0.2) is 0 Å². The highest BCUT2D eigenvalue weighted by atomic mass is 127. The van der Waals surface area contributed by atoms with Crippen molar-refractivity contribution in [3.8, 4) is 0 Å². The van der Waals surface area contributed by atoms with Gasteiger partial charge in [0.1, 0.15) is 0 Å². The lowest BCUT2D eigenvalue weighted by molar-refractivity contribution is -0.385. The second kappa shape index (κ2) is 5.42. The normalized spacial score (nSPS) is 23.4. The summed E-state index contributed by atoms with van der Waals surface area (Å²) in [5, 5.41) is 10.8. The Hall–Kier alpha value is -0.850. The standard InChI is InChI=1S/C13H17IN2O2/c1-3-10-5-4-9(2)15(10)11-6-7-13(16(17)18)12(14)8-11/h6-10H,3-5H2,1-2H3. The van der Waals surface area contributed by atoms with Crippen LogP contribution < -0.4 is 4.90 Å². The van der Waals surface area contributed by atoms with Crippen LogP contribution in [0.2, 0.25) is 0 Å². The lowest BCUT2D eigenvalue weighted by Gasteiger charge is -2.30. The summed E-state index contributed by atoms with van der Waals surface area (Å²) in [4.78, 5) is 12.9. The van der Waals surface area contributed by atoms with Gasteiger partial charge in [0.05, 0.1) is 8.49 Å². The second-order valence-corrected chi connectivity index (χ2v) is 5.95. The van der Waals surface area contributed by atoms with Crippen LogP contribution in [-0.4, -0.2) is 17.0 Å². The largest absolute Gasteiger partial charge is 0.366 e. The number of nitro groups is 1. The van der Waals surface area contributed by atoms with E-state index in [1.165, 1.54) is 12.8 Å². The van der Waals surface area contributed by atoms with E-state index in [0.717, 1.165) is 12.1 Å². The zero-order valence-corrected chi connectivity index (χ0v) is 12.8. The van der Waals surface area contributed by atoms with E-state index >= 15 is 0 Å². The fourth-order valence-electron chi connectivity index (χ4n) is 2.74. The third-order valence-corrected chi connectivity index (χ3v) is 4.55. The van der Waals surface area contributed by atoms with Gasteiger partial charge in [-0.05, 0) is 60.9 Å². The smallest absolute Gasteiger partial charge is 0.282 e. The van der Waals surface area contributed by atoms with E-state index in [1.807, 2.05) is 34.7 Å². The van der Waals surface area contributed by atoms with E-state index in [1.54, 1.807) is 6.07 Å². The van der Waals surface area contributed by atoms with Crippen LogP contribution in [0.4, 0.5) is 11.4 Å². The number of hydrogen-bond donors (Lipinski definition) is 0. The molecule has 0 spiro atoms. The minimum atomic E-state index is -0.323. The van der Waals surface area contributed by atoms with E-state index in [9.17, 15) is 10.1 Å². The van der Waals surface area contributed by atoms with Crippen molar-refractivity contribution in [2.75, 3.05) is 4.90 Å². The minimum absolute atomic E-state index is 0.194. The van der Waals surface area contributed by atoms with Crippen molar-refractivity contribution >= 4 is 34.0 Å². The highest BCUT2D eigenvalue weighted by Gasteiger charge is 2.30. The number of rotatable bonds is 3. The van der Waals surface area contributed by atoms with E-state index in [4.69, 9.17) is 0 Å². The molecule has 4 nitrogen and oxygen atoms in total. The van der Waals surface area contributed by atoms with Crippen LogP contribution in [0.5, 0.6) is 0 Å². The highest BCUT2D eigenvalue weighted by molar-refractivity contribution is 14.1. The summed E-state index contributed by atoms with van der Waals surface area (Å²) in [6, 6.07) is 6.52. The maximum atomic E-state index is 10.8. The van der Waals surface area contributed by atoms with Crippen LogP contribution in [0, 0.1) is 13.7 Å². The highest BCUT2D eigenvalue weighted by Crippen LogP contribution is 2.34. The van der Waals surface area contributed by atoms with Crippen molar-refractivity contribution < 1.29 is 4.92 Å². The average molecular weight is 360 g/mol. The molecule has 18 heavy (non-hydrogen) atoms. The molecule has 0 aromatic heterocycles. The molecule has 0 saturated carbocycles. The first-order valence-electron chi connectivity index (χ1n) is 6.26. The van der Waals surface area contributed by atoms with Crippen molar-refractivity contribution in [3.05, 3.63) is 31.9 Å². The van der Waals surface area contributed by atoms with Crippen molar-refractivity contribution in [1.82, 2.24) is 0 Å². The molecule has 98 valence electrons. The molecule has 1 aliphatic rings. The molecular formula is C13H17IN2O2. The molecule has 2 atom stereocenters. The number of anilines is 1. The number of halogens is 1. The van der Waals surface area contributed by atoms with Gasteiger partial charge < -0.3 is 4.90 Å². The molecule has 1 aromatic rings. The molecule has 1 fully saturated rings. The molecule has 1 aromatic carbocycles. The number of hydrogen-bond acceptors (Lipinski definition) is 3. The average Bonchev–Trinajstić information content (AvgIpc) is 2.69. The van der Waals surface area contributed by atoms with Gasteiger partial charge in [0.2, 0.25) is 0 Å². The molecular weight excluding hydrogens is 343 g/mol. The van der Waals surface area contributed by atoms with Gasteiger partial charge in [0.15, 0.2) is 0 Å². The van der Waals surface area contributed by atoms with Gasteiger partial charge >= 0.3 is 0 Å². The second-order valence-electron chi connectivity index (χ2n) is 4.79. The van der Waals surface area contributed by atoms with Crippen LogP contribution in [0.25, 0.3) is 0 Å². The monoisotopic (exact) mass is 360 g/mol. The number of nitro benzene ring substituents is 1. The van der Waals surface area contributed by atoms with Crippen LogP contribution in [0.15, 0.2) is 18.2 Å². The van der Waals surface area contributed by atoms with Gasteiger partial charge in [0, 0.05) is 23.8 Å². The van der Waals surface area contributed by atoms with Crippen LogP contribution in [-0.2, 0) is 0 Å². The number of benzene rings is 1. The SMILES string of the molecule is CCC1CCC(C)N1c1ccc([N+](=O)[O-])c(I)c1. The zero-order valence-electron chi connectivity index (χ0n) is 10.6. The van der Waals surface area contributed by atoms with Gasteiger partial charge in [-0.3, -0.25) is 10.1 Å². The Balaban J connectivity index is 2.33. The van der Waals surface area contributed by atoms with E-state index in [2.05, 4.69) is 18.7 Å². The topological polar surface area (TPSA) is 46.4 Å². The Labute approximate surface area is 121 Å². The first-order chi connectivity index (χ1) is 8.54. The fraction of sp³-hybridized carbons (Fsp3) is 0.538. The van der Waals surface area contributed by atoms with E-state index in [0.29, 0.717) is 15.7 Å². The zero-order chi connectivity index (χ0) is 13.3. The molecule has 2 unspecified atom stereocenters. The predicted octanol–water partition coefficient (Wildman–Crippen LogP) is 3.97. The van der Waals surface area contributed by atoms with Gasteiger partial charge in [-0.15, -0.1) is 0 Å². The maximum Gasteiger partial charge on any atom is 0.282 e. The maximum absolute atomic E-state index is 10.8. The summed E-state index contributed by atoms with van der Waals surface area (Å²) >= 11 is 2.05. The summed E-state index contributed by atoms with van der Waals surface area (Å²) in [6.45, 7) is 4.43. The molecule has 0 bridgehead atoms. The summed E-state index contributed by atoms with van der Waals surface area (Å²) < 4.78 is 0.712. The molecule has 0 N–H and O–H groups in total. The Morgan fingerprint density at radius 3 is 2.78 bits per heavy atom. The summed E-state index contributed by atoms with van der Waals surface area (Å²) in [5.74, 6) is 0.